The Morgan fingerprint density at radius 1 is 0.609 bits per heavy atom. The second-order valence-electron chi connectivity index (χ2n) is 6.27. The van der Waals surface area contributed by atoms with E-state index in [1.54, 1.807) is 0 Å². The first kappa shape index (κ1) is 15.4. The first-order valence-corrected chi connectivity index (χ1v) is 8.23. The number of nitrogens with zero attached hydrogens (tertiary/aromatic N) is 1. The van der Waals surface area contributed by atoms with Crippen LogP contribution in [0.5, 0.6) is 0 Å². The minimum Gasteiger partial charge on any atom is -0.311 e. The highest BCUT2D eigenvalue weighted by Crippen LogP contribution is 2.34. The smallest absolute Gasteiger partial charge is 0.0461 e. The molecule has 0 saturated carbocycles. The van der Waals surface area contributed by atoms with Crippen molar-refractivity contribution in [2.45, 2.75) is 20.3 Å². The maximum absolute atomic E-state index is 2.29. The molecule has 116 valence electrons. The minimum absolute atomic E-state index is 0.681. The summed E-state index contributed by atoms with van der Waals surface area (Å²) in [6, 6.07) is 30.0. The van der Waals surface area contributed by atoms with Gasteiger partial charge in [0.05, 0.1) is 0 Å². The lowest BCUT2D eigenvalue weighted by Crippen LogP contribution is -2.09. The summed E-state index contributed by atoms with van der Waals surface area (Å²) in [4.78, 5) is 2.29. The summed E-state index contributed by atoms with van der Waals surface area (Å²) in [6.07, 6.45) is 1.12. The van der Waals surface area contributed by atoms with E-state index in [0.29, 0.717) is 5.92 Å². The van der Waals surface area contributed by atoms with Gasteiger partial charge in [0, 0.05) is 17.1 Å². The van der Waals surface area contributed by atoms with Gasteiger partial charge in [0.25, 0.3) is 0 Å². The molecular formula is C22H23N. The largest absolute Gasteiger partial charge is 0.311 e. The number of para-hydroxylation sites is 2. The number of anilines is 3. The third-order valence-electron chi connectivity index (χ3n) is 3.87. The average Bonchev–Trinajstić information content (AvgIpc) is 2.58. The molecule has 1 heteroatoms. The lowest BCUT2D eigenvalue weighted by atomic mass is 10.0. The molecule has 0 fully saturated rings. The number of benzene rings is 3. The summed E-state index contributed by atoms with van der Waals surface area (Å²) >= 11 is 0. The molecule has 0 N–H and O–H groups in total. The van der Waals surface area contributed by atoms with Crippen molar-refractivity contribution in [2.75, 3.05) is 4.90 Å². The molecule has 0 heterocycles. The topological polar surface area (TPSA) is 3.24 Å². The monoisotopic (exact) mass is 301 g/mol. The Labute approximate surface area is 139 Å². The lowest BCUT2D eigenvalue weighted by molar-refractivity contribution is 0.647. The molecule has 0 radical (unpaired) electrons. The van der Waals surface area contributed by atoms with Crippen LogP contribution in [0.15, 0.2) is 84.9 Å². The van der Waals surface area contributed by atoms with Crippen LogP contribution in [0.3, 0.4) is 0 Å². The van der Waals surface area contributed by atoms with Crippen molar-refractivity contribution in [3.05, 3.63) is 90.5 Å². The molecule has 0 bridgehead atoms. The van der Waals surface area contributed by atoms with Crippen molar-refractivity contribution in [3.8, 4) is 0 Å². The van der Waals surface area contributed by atoms with Gasteiger partial charge in [0.2, 0.25) is 0 Å². The van der Waals surface area contributed by atoms with E-state index >= 15 is 0 Å². The van der Waals surface area contributed by atoms with Crippen molar-refractivity contribution in [3.63, 3.8) is 0 Å². The predicted molar refractivity (Wildman–Crippen MR) is 99.7 cm³/mol. The Morgan fingerprint density at radius 3 is 1.48 bits per heavy atom. The molecule has 0 aliphatic heterocycles. The Balaban J connectivity index is 1.99. The zero-order chi connectivity index (χ0) is 16.1. The average molecular weight is 301 g/mol. The summed E-state index contributed by atoms with van der Waals surface area (Å²) in [7, 11) is 0. The van der Waals surface area contributed by atoms with E-state index in [-0.39, 0.29) is 0 Å². The van der Waals surface area contributed by atoms with E-state index in [9.17, 15) is 0 Å². The van der Waals surface area contributed by atoms with E-state index in [0.717, 1.165) is 6.42 Å². The standard InChI is InChI=1S/C22H23N/c1-18(2)17-19-13-15-22(16-14-19)23(20-9-5-3-6-10-20)21-11-7-4-8-12-21/h3-16,18H,17H2,1-2H3. The Kier molecular flexibility index (Phi) is 4.77. The van der Waals surface area contributed by atoms with E-state index < -0.39 is 0 Å². The summed E-state index contributed by atoms with van der Waals surface area (Å²) in [5.74, 6) is 0.681. The first-order chi connectivity index (χ1) is 11.2. The number of hydrogen-bond donors (Lipinski definition) is 0. The molecule has 0 atom stereocenters. The maximum Gasteiger partial charge on any atom is 0.0461 e. The highest BCUT2D eigenvalue weighted by molar-refractivity contribution is 5.76. The minimum atomic E-state index is 0.681. The van der Waals surface area contributed by atoms with E-state index in [2.05, 4.69) is 104 Å². The van der Waals surface area contributed by atoms with Gasteiger partial charge in [0.1, 0.15) is 0 Å². The molecule has 3 rings (SSSR count). The molecule has 0 unspecified atom stereocenters. The van der Waals surface area contributed by atoms with Gasteiger partial charge < -0.3 is 4.90 Å². The Hall–Kier alpha value is -2.54. The first-order valence-electron chi connectivity index (χ1n) is 8.23. The van der Waals surface area contributed by atoms with Gasteiger partial charge >= 0.3 is 0 Å². The molecule has 3 aromatic rings. The van der Waals surface area contributed by atoms with Gasteiger partial charge in [-0.3, -0.25) is 0 Å². The molecule has 1 nitrogen and oxygen atoms in total. The quantitative estimate of drug-likeness (QED) is 0.530. The predicted octanol–water partition coefficient (Wildman–Crippen LogP) is 6.35. The number of rotatable bonds is 5. The zero-order valence-corrected chi connectivity index (χ0v) is 13.8. The highest BCUT2D eigenvalue weighted by Gasteiger charge is 2.11. The van der Waals surface area contributed by atoms with Gasteiger partial charge in [-0.1, -0.05) is 62.4 Å². The SMILES string of the molecule is CC(C)Cc1ccc(N(c2ccccc2)c2ccccc2)cc1. The molecule has 0 aliphatic carbocycles. The zero-order valence-electron chi connectivity index (χ0n) is 13.8. The normalized spacial score (nSPS) is 10.7. The summed E-state index contributed by atoms with van der Waals surface area (Å²) in [5.41, 5.74) is 4.94. The van der Waals surface area contributed by atoms with Crippen molar-refractivity contribution in [1.29, 1.82) is 0 Å². The fourth-order valence-electron chi connectivity index (χ4n) is 2.85. The lowest BCUT2D eigenvalue weighted by Gasteiger charge is -2.25. The molecule has 23 heavy (non-hydrogen) atoms. The van der Waals surface area contributed by atoms with Crippen LogP contribution in [0.1, 0.15) is 19.4 Å². The summed E-state index contributed by atoms with van der Waals surface area (Å²) < 4.78 is 0. The van der Waals surface area contributed by atoms with E-state index in [4.69, 9.17) is 0 Å². The van der Waals surface area contributed by atoms with Crippen LogP contribution in [-0.2, 0) is 6.42 Å². The molecular weight excluding hydrogens is 278 g/mol. The second-order valence-corrected chi connectivity index (χ2v) is 6.27. The summed E-state index contributed by atoms with van der Waals surface area (Å²) in [5, 5.41) is 0. The van der Waals surface area contributed by atoms with Crippen molar-refractivity contribution >= 4 is 17.1 Å². The van der Waals surface area contributed by atoms with Gasteiger partial charge in [-0.25, -0.2) is 0 Å². The highest BCUT2D eigenvalue weighted by atomic mass is 15.1. The number of hydrogen-bond acceptors (Lipinski definition) is 1. The third-order valence-corrected chi connectivity index (χ3v) is 3.87. The summed E-state index contributed by atoms with van der Waals surface area (Å²) in [6.45, 7) is 4.52. The van der Waals surface area contributed by atoms with Crippen LogP contribution in [0.25, 0.3) is 0 Å². The van der Waals surface area contributed by atoms with Crippen LogP contribution in [-0.4, -0.2) is 0 Å². The third kappa shape index (κ3) is 3.81. The molecule has 0 amide bonds. The van der Waals surface area contributed by atoms with Gasteiger partial charge in [-0.15, -0.1) is 0 Å². The fourth-order valence-corrected chi connectivity index (χ4v) is 2.85. The van der Waals surface area contributed by atoms with Crippen molar-refractivity contribution in [1.82, 2.24) is 0 Å². The molecule has 0 aromatic heterocycles. The van der Waals surface area contributed by atoms with Crippen molar-refractivity contribution in [2.24, 2.45) is 5.92 Å². The van der Waals surface area contributed by atoms with Crippen LogP contribution in [0, 0.1) is 5.92 Å². The fraction of sp³-hybridized carbons (Fsp3) is 0.182. The molecule has 3 aromatic carbocycles. The van der Waals surface area contributed by atoms with Gasteiger partial charge in [-0.2, -0.15) is 0 Å². The van der Waals surface area contributed by atoms with Crippen molar-refractivity contribution < 1.29 is 0 Å². The second kappa shape index (κ2) is 7.15. The molecule has 0 saturated heterocycles. The van der Waals surface area contributed by atoms with Crippen LogP contribution in [0.4, 0.5) is 17.1 Å². The molecule has 0 spiro atoms. The van der Waals surface area contributed by atoms with E-state index in [1.807, 2.05) is 0 Å². The Morgan fingerprint density at radius 2 is 1.04 bits per heavy atom. The van der Waals surface area contributed by atoms with Crippen LogP contribution in [0.2, 0.25) is 0 Å². The maximum atomic E-state index is 2.29. The Bertz CT molecular complexity index is 675. The van der Waals surface area contributed by atoms with Gasteiger partial charge in [0.15, 0.2) is 0 Å². The van der Waals surface area contributed by atoms with Crippen LogP contribution < -0.4 is 4.90 Å². The van der Waals surface area contributed by atoms with Gasteiger partial charge in [-0.05, 0) is 54.3 Å². The van der Waals surface area contributed by atoms with E-state index in [1.165, 1.54) is 22.6 Å². The molecule has 0 aliphatic rings. The van der Waals surface area contributed by atoms with Crippen LogP contribution >= 0.6 is 0 Å².